The first kappa shape index (κ1) is 20.4. The minimum Gasteiger partial charge on any atom is -0.350 e. The number of pyridine rings is 1. The van der Waals surface area contributed by atoms with Gasteiger partial charge in [-0.25, -0.2) is 4.98 Å². The molecule has 140 valence electrons. The minimum absolute atomic E-state index is 0. The Morgan fingerprint density at radius 1 is 1.23 bits per heavy atom. The zero-order valence-electron chi connectivity index (χ0n) is 13.5. The van der Waals surface area contributed by atoms with Crippen LogP contribution in [0.25, 0.3) is 5.65 Å². The summed E-state index contributed by atoms with van der Waals surface area (Å²) in [5.41, 5.74) is -0.156. The van der Waals surface area contributed by atoms with Gasteiger partial charge in [-0.1, -0.05) is 6.07 Å². The number of hydrogen-bond acceptors (Lipinski definition) is 5. The summed E-state index contributed by atoms with van der Waals surface area (Å²) >= 11 is 0.944. The molecule has 3 heterocycles. The molecule has 0 aliphatic heterocycles. The summed E-state index contributed by atoms with van der Waals surface area (Å²) in [4.78, 5) is 7.59. The summed E-state index contributed by atoms with van der Waals surface area (Å²) in [6, 6.07) is 5.57. The van der Waals surface area contributed by atoms with E-state index in [1.54, 1.807) is 7.05 Å². The number of fused-ring (bicyclic) bond motifs is 1. The molecule has 3 aromatic rings. The standard InChI is InChI=1S/C14H14F3N7S.HI/c1-18-13(20-7-12-21-9(8-25-12)14(15,16)17)19-6-11-23-22-10-4-2-3-5-24(10)11;/h2-5,8H,6-7H2,1H3,(H2,18,19,20);1H. The predicted octanol–water partition coefficient (Wildman–Crippen LogP) is 2.69. The molecule has 0 unspecified atom stereocenters. The summed E-state index contributed by atoms with van der Waals surface area (Å²) < 4.78 is 39.5. The molecule has 0 saturated heterocycles. The molecule has 0 saturated carbocycles. The quantitative estimate of drug-likeness (QED) is 0.330. The van der Waals surface area contributed by atoms with E-state index < -0.39 is 11.9 Å². The van der Waals surface area contributed by atoms with Gasteiger partial charge >= 0.3 is 6.18 Å². The molecule has 2 N–H and O–H groups in total. The maximum atomic E-state index is 12.5. The van der Waals surface area contributed by atoms with E-state index in [2.05, 4.69) is 30.8 Å². The third kappa shape index (κ3) is 4.81. The highest BCUT2D eigenvalue weighted by Crippen LogP contribution is 2.29. The van der Waals surface area contributed by atoms with E-state index in [1.807, 2.05) is 28.8 Å². The van der Waals surface area contributed by atoms with Crippen LogP contribution in [-0.2, 0) is 19.3 Å². The molecule has 0 aliphatic carbocycles. The Balaban J connectivity index is 0.00000243. The molecule has 12 heteroatoms. The van der Waals surface area contributed by atoms with Crippen LogP contribution in [0.2, 0.25) is 0 Å². The van der Waals surface area contributed by atoms with Crippen LogP contribution in [0.5, 0.6) is 0 Å². The van der Waals surface area contributed by atoms with Gasteiger partial charge in [-0.3, -0.25) is 9.39 Å². The number of thiazole rings is 1. The van der Waals surface area contributed by atoms with Gasteiger partial charge in [0, 0.05) is 18.6 Å². The third-order valence-corrected chi connectivity index (χ3v) is 4.12. The SMILES string of the molecule is CN=C(NCc1nc(C(F)(F)F)cs1)NCc1nnc2ccccn12.I. The molecule has 0 spiro atoms. The van der Waals surface area contributed by atoms with Gasteiger partial charge in [0.05, 0.1) is 13.1 Å². The maximum Gasteiger partial charge on any atom is 0.434 e. The van der Waals surface area contributed by atoms with Crippen LogP contribution in [0.3, 0.4) is 0 Å². The van der Waals surface area contributed by atoms with Crippen molar-refractivity contribution in [1.29, 1.82) is 0 Å². The van der Waals surface area contributed by atoms with Gasteiger partial charge in [0.2, 0.25) is 0 Å². The van der Waals surface area contributed by atoms with Crippen molar-refractivity contribution >= 4 is 46.9 Å². The van der Waals surface area contributed by atoms with Gasteiger partial charge in [0.15, 0.2) is 23.1 Å². The molecule has 3 rings (SSSR count). The van der Waals surface area contributed by atoms with Gasteiger partial charge in [-0.15, -0.1) is 45.5 Å². The van der Waals surface area contributed by atoms with Crippen LogP contribution in [-0.4, -0.2) is 32.6 Å². The number of guanidine groups is 1. The largest absolute Gasteiger partial charge is 0.434 e. The van der Waals surface area contributed by atoms with Gasteiger partial charge in [0.25, 0.3) is 0 Å². The van der Waals surface area contributed by atoms with Gasteiger partial charge in [0.1, 0.15) is 5.01 Å². The number of aromatic nitrogens is 4. The summed E-state index contributed by atoms with van der Waals surface area (Å²) in [7, 11) is 1.57. The second-order valence-corrected chi connectivity index (χ2v) is 5.89. The number of nitrogens with zero attached hydrogens (tertiary/aromatic N) is 5. The lowest BCUT2D eigenvalue weighted by molar-refractivity contribution is -0.140. The normalized spacial score (nSPS) is 12.1. The average molecular weight is 497 g/mol. The molecular weight excluding hydrogens is 482 g/mol. The Kier molecular flexibility index (Phi) is 6.75. The van der Waals surface area contributed by atoms with Crippen molar-refractivity contribution < 1.29 is 13.2 Å². The topological polar surface area (TPSA) is 79.5 Å². The predicted molar refractivity (Wildman–Crippen MR) is 103 cm³/mol. The van der Waals surface area contributed by atoms with Crippen LogP contribution in [0.4, 0.5) is 13.2 Å². The van der Waals surface area contributed by atoms with Gasteiger partial charge in [-0.05, 0) is 12.1 Å². The molecule has 0 amide bonds. The van der Waals surface area contributed by atoms with Crippen LogP contribution in [0, 0.1) is 0 Å². The smallest absolute Gasteiger partial charge is 0.350 e. The lowest BCUT2D eigenvalue weighted by Crippen LogP contribution is -2.36. The lowest BCUT2D eigenvalue weighted by Gasteiger charge is -2.10. The van der Waals surface area contributed by atoms with Crippen molar-refractivity contribution in [2.45, 2.75) is 19.3 Å². The number of halogens is 4. The van der Waals surface area contributed by atoms with Crippen LogP contribution < -0.4 is 10.6 Å². The average Bonchev–Trinajstić information content (AvgIpc) is 3.22. The van der Waals surface area contributed by atoms with Crippen molar-refractivity contribution in [3.63, 3.8) is 0 Å². The number of alkyl halides is 3. The Morgan fingerprint density at radius 3 is 2.69 bits per heavy atom. The van der Waals surface area contributed by atoms with Gasteiger partial charge in [-0.2, -0.15) is 13.2 Å². The molecule has 0 bridgehead atoms. The molecule has 0 atom stereocenters. The summed E-state index contributed by atoms with van der Waals surface area (Å²) in [5, 5.41) is 15.4. The van der Waals surface area contributed by atoms with E-state index in [4.69, 9.17) is 0 Å². The van der Waals surface area contributed by atoms with Crippen LogP contribution in [0.1, 0.15) is 16.5 Å². The van der Waals surface area contributed by atoms with E-state index >= 15 is 0 Å². The highest BCUT2D eigenvalue weighted by Gasteiger charge is 2.33. The Morgan fingerprint density at radius 2 is 2.00 bits per heavy atom. The number of rotatable bonds is 4. The van der Waals surface area contributed by atoms with Gasteiger partial charge < -0.3 is 10.6 Å². The second kappa shape index (κ2) is 8.62. The molecule has 26 heavy (non-hydrogen) atoms. The molecule has 0 aliphatic rings. The molecule has 0 radical (unpaired) electrons. The van der Waals surface area contributed by atoms with Crippen molar-refractivity contribution in [3.8, 4) is 0 Å². The fourth-order valence-corrected chi connectivity index (χ4v) is 2.82. The van der Waals surface area contributed by atoms with E-state index in [9.17, 15) is 13.2 Å². The second-order valence-electron chi connectivity index (χ2n) is 4.95. The molecule has 7 nitrogen and oxygen atoms in total. The molecule has 0 fully saturated rings. The molecule has 3 aromatic heterocycles. The lowest BCUT2D eigenvalue weighted by atomic mass is 10.4. The highest BCUT2D eigenvalue weighted by atomic mass is 127. The Labute approximate surface area is 167 Å². The van der Waals surface area contributed by atoms with Crippen LogP contribution in [0.15, 0.2) is 34.8 Å². The fraction of sp³-hybridized carbons (Fsp3) is 0.286. The fourth-order valence-electron chi connectivity index (χ4n) is 2.08. The van der Waals surface area contributed by atoms with Crippen LogP contribution >= 0.6 is 35.3 Å². The first-order chi connectivity index (χ1) is 12.0. The van der Waals surface area contributed by atoms with E-state index in [-0.39, 0.29) is 30.5 Å². The van der Waals surface area contributed by atoms with E-state index in [0.29, 0.717) is 23.3 Å². The van der Waals surface area contributed by atoms with E-state index in [0.717, 1.165) is 22.4 Å². The maximum absolute atomic E-state index is 12.5. The highest BCUT2D eigenvalue weighted by molar-refractivity contribution is 14.0. The number of aliphatic imine (C=N–C) groups is 1. The molecular formula is C14H15F3IN7S. The van der Waals surface area contributed by atoms with Crippen molar-refractivity contribution in [2.75, 3.05) is 7.05 Å². The zero-order chi connectivity index (χ0) is 17.9. The monoisotopic (exact) mass is 497 g/mol. The summed E-state index contributed by atoms with van der Waals surface area (Å²) in [6.07, 6.45) is -2.58. The van der Waals surface area contributed by atoms with Crippen molar-refractivity contribution in [2.24, 2.45) is 4.99 Å². The summed E-state index contributed by atoms with van der Waals surface area (Å²) in [6.45, 7) is 0.498. The number of hydrogen-bond donors (Lipinski definition) is 2. The van der Waals surface area contributed by atoms with E-state index in [1.165, 1.54) is 0 Å². The number of nitrogens with one attached hydrogen (secondary N) is 2. The zero-order valence-corrected chi connectivity index (χ0v) is 16.6. The molecule has 0 aromatic carbocycles. The first-order valence-electron chi connectivity index (χ1n) is 7.22. The van der Waals surface area contributed by atoms with Crippen molar-refractivity contribution in [3.05, 3.63) is 46.3 Å². The Bertz CT molecular complexity index is 890. The Hall–Kier alpha value is -1.96. The summed E-state index contributed by atoms with van der Waals surface area (Å²) in [5.74, 6) is 1.11. The van der Waals surface area contributed by atoms with Crippen molar-refractivity contribution in [1.82, 2.24) is 30.2 Å². The minimum atomic E-state index is -4.43. The third-order valence-electron chi connectivity index (χ3n) is 3.27. The first-order valence-corrected chi connectivity index (χ1v) is 8.10.